The number of hydrogen-bond donors (Lipinski definition) is 4. The maximum absolute atomic E-state index is 13.6. The first-order valence-corrected chi connectivity index (χ1v) is 21.5. The van der Waals surface area contributed by atoms with E-state index in [1.807, 2.05) is 0 Å². The number of esters is 1. The summed E-state index contributed by atoms with van der Waals surface area (Å²) in [6.45, 7) is 3.24. The van der Waals surface area contributed by atoms with Crippen molar-refractivity contribution in [2.24, 2.45) is 5.92 Å². The van der Waals surface area contributed by atoms with Gasteiger partial charge in [0.05, 0.1) is 35.8 Å². The summed E-state index contributed by atoms with van der Waals surface area (Å²) in [6, 6.07) is 16.3. The predicted octanol–water partition coefficient (Wildman–Crippen LogP) is 3.97. The molecule has 1 unspecified atom stereocenters. The molecule has 2 fully saturated rings. The Hall–Kier alpha value is -3.90. The maximum Gasteiger partial charge on any atom is 0.326 e. The number of nitrogens with one attached hydrogen (secondary N) is 3. The Morgan fingerprint density at radius 3 is 2.20 bits per heavy atom. The molecule has 1 amide bonds. The molecule has 298 valence electrons. The molecule has 1 saturated carbocycles. The molecule has 0 spiro atoms. The number of carbonyl (C=O) groups is 3. The van der Waals surface area contributed by atoms with Gasteiger partial charge in [0.25, 0.3) is 0 Å². The highest BCUT2D eigenvalue weighted by molar-refractivity contribution is 7.90. The summed E-state index contributed by atoms with van der Waals surface area (Å²) in [6.07, 6.45) is 4.02. The van der Waals surface area contributed by atoms with E-state index in [1.54, 1.807) is 68.4 Å². The third kappa shape index (κ3) is 10.9. The highest BCUT2D eigenvalue weighted by Crippen LogP contribution is 2.40. The van der Waals surface area contributed by atoms with E-state index in [9.17, 15) is 36.3 Å². The minimum Gasteiger partial charge on any atom is -0.480 e. The Balaban J connectivity index is 1.15. The summed E-state index contributed by atoms with van der Waals surface area (Å²) in [7, 11) is -8.28. The van der Waals surface area contributed by atoms with Crippen molar-refractivity contribution < 1.29 is 45.8 Å². The molecule has 1 aliphatic carbocycles. The molecule has 3 aromatic rings. The van der Waals surface area contributed by atoms with Crippen LogP contribution in [0, 0.1) is 5.92 Å². The number of hydrogen-bond acceptors (Lipinski definition) is 10. The molecule has 17 heteroatoms. The van der Waals surface area contributed by atoms with Gasteiger partial charge >= 0.3 is 11.9 Å². The second-order valence-corrected chi connectivity index (χ2v) is 17.6. The third-order valence-corrected chi connectivity index (χ3v) is 13.2. The molecule has 5 rings (SSSR count). The van der Waals surface area contributed by atoms with Crippen molar-refractivity contribution in [3.63, 3.8) is 0 Å². The highest BCUT2D eigenvalue weighted by Gasteiger charge is 2.48. The number of amides is 1. The molecule has 0 aromatic heterocycles. The van der Waals surface area contributed by atoms with Gasteiger partial charge in [0.15, 0.2) is 0 Å². The zero-order valence-corrected chi connectivity index (χ0v) is 33.0. The van der Waals surface area contributed by atoms with Gasteiger partial charge in [0.1, 0.15) is 17.0 Å². The van der Waals surface area contributed by atoms with Crippen molar-refractivity contribution in [3.05, 3.63) is 94.5 Å². The van der Waals surface area contributed by atoms with Gasteiger partial charge in [-0.15, -0.1) is 0 Å². The van der Waals surface area contributed by atoms with Crippen LogP contribution in [-0.2, 0) is 63.6 Å². The Kier molecular flexibility index (Phi) is 14.5. The Labute approximate surface area is 327 Å². The molecular formula is C38H47ClN4O10S2. The van der Waals surface area contributed by atoms with Crippen LogP contribution in [0.2, 0.25) is 5.02 Å². The lowest BCUT2D eigenvalue weighted by atomic mass is 9.84. The van der Waals surface area contributed by atoms with Crippen molar-refractivity contribution in [1.82, 2.24) is 19.7 Å². The van der Waals surface area contributed by atoms with E-state index >= 15 is 0 Å². The first-order chi connectivity index (χ1) is 26.2. The average molecular weight is 819 g/mol. The zero-order chi connectivity index (χ0) is 39.8. The van der Waals surface area contributed by atoms with Gasteiger partial charge in [0, 0.05) is 19.1 Å². The van der Waals surface area contributed by atoms with E-state index in [1.165, 1.54) is 17.0 Å². The SMILES string of the molecule is CCOC(=O)[C@H](COCc1ccc(CNS(=O)(=O)c2ccc(Cl)c(S(=O)(=O)NCc3ccccc3)c2)cc1)NC(C)C(=O)N1[C@@H]2CCCC[C@@H]2C[C@H]1C(=O)O. The van der Waals surface area contributed by atoms with E-state index in [0.29, 0.717) is 17.5 Å². The number of benzene rings is 3. The number of rotatable bonds is 18. The fraction of sp³-hybridized carbons (Fsp3) is 0.447. The topological polar surface area (TPSA) is 198 Å². The first kappa shape index (κ1) is 42.2. The molecule has 5 atom stereocenters. The summed E-state index contributed by atoms with van der Waals surface area (Å²) in [5.41, 5.74) is 2.05. The molecule has 14 nitrogen and oxygen atoms in total. The van der Waals surface area contributed by atoms with Crippen LogP contribution in [0.1, 0.15) is 62.6 Å². The number of sulfonamides is 2. The molecule has 4 N–H and O–H groups in total. The van der Waals surface area contributed by atoms with Gasteiger partial charge < -0.3 is 19.5 Å². The summed E-state index contributed by atoms with van der Waals surface area (Å²) >= 11 is 6.17. The van der Waals surface area contributed by atoms with Crippen LogP contribution in [0.3, 0.4) is 0 Å². The van der Waals surface area contributed by atoms with Crippen molar-refractivity contribution in [1.29, 1.82) is 0 Å². The van der Waals surface area contributed by atoms with Gasteiger partial charge in [-0.3, -0.25) is 14.9 Å². The van der Waals surface area contributed by atoms with Crippen molar-refractivity contribution in [2.45, 2.75) is 99.6 Å². The van der Waals surface area contributed by atoms with Gasteiger partial charge in [-0.25, -0.2) is 31.1 Å². The number of likely N-dealkylation sites (tertiary alicyclic amines) is 1. The third-order valence-electron chi connectivity index (χ3n) is 9.87. The highest BCUT2D eigenvalue weighted by atomic mass is 35.5. The number of carboxylic acids is 1. The Bertz CT molecular complexity index is 2040. The monoisotopic (exact) mass is 818 g/mol. The number of halogens is 1. The van der Waals surface area contributed by atoms with Crippen molar-refractivity contribution in [3.8, 4) is 0 Å². The second-order valence-electron chi connectivity index (χ2n) is 13.7. The van der Waals surface area contributed by atoms with Crippen LogP contribution in [0.15, 0.2) is 82.6 Å². The Morgan fingerprint density at radius 1 is 0.891 bits per heavy atom. The molecule has 0 radical (unpaired) electrons. The first-order valence-electron chi connectivity index (χ1n) is 18.2. The van der Waals surface area contributed by atoms with Crippen LogP contribution in [0.25, 0.3) is 0 Å². The lowest BCUT2D eigenvalue weighted by molar-refractivity contribution is -0.152. The zero-order valence-electron chi connectivity index (χ0n) is 30.6. The number of ether oxygens (including phenoxy) is 2. The fourth-order valence-electron chi connectivity index (χ4n) is 7.04. The molecule has 55 heavy (non-hydrogen) atoms. The fourth-order valence-corrected chi connectivity index (χ4v) is 9.70. The molecule has 0 bridgehead atoms. The molecule has 1 saturated heterocycles. The van der Waals surface area contributed by atoms with E-state index in [-0.39, 0.29) is 65.6 Å². The summed E-state index contributed by atoms with van der Waals surface area (Å²) in [5.74, 6) is -1.86. The minimum absolute atomic E-state index is 0.00506. The average Bonchev–Trinajstić information content (AvgIpc) is 3.57. The number of nitrogens with zero attached hydrogens (tertiary/aromatic N) is 1. The number of carbonyl (C=O) groups excluding carboxylic acids is 2. The van der Waals surface area contributed by atoms with Crippen LogP contribution in [0.4, 0.5) is 0 Å². The quantitative estimate of drug-likeness (QED) is 0.136. The molecule has 2 aliphatic rings. The van der Waals surface area contributed by atoms with E-state index in [2.05, 4.69) is 14.8 Å². The van der Waals surface area contributed by atoms with Crippen LogP contribution < -0.4 is 14.8 Å². The smallest absolute Gasteiger partial charge is 0.326 e. The van der Waals surface area contributed by atoms with Crippen molar-refractivity contribution in [2.75, 3.05) is 13.2 Å². The van der Waals surface area contributed by atoms with Gasteiger partial charge in [-0.05, 0) is 73.9 Å². The standard InChI is InChI=1S/C38H47ClN4O10S2/c1-3-53-38(47)32(42-25(2)36(44)43-33-12-8-7-11-29(33)19-34(43)37(45)46)24-52-23-28-15-13-27(14-16-28)22-40-54(48,49)30-17-18-31(39)35(20-30)55(50,51)41-21-26-9-5-4-6-10-26/h4-6,9-10,13-18,20,25,29,32-34,40-42H,3,7-8,11-12,19,21-24H2,1-2H3,(H,45,46)/t25?,29-,32+,33-,34+/m1/s1. The number of aliphatic carboxylic acids is 1. The predicted molar refractivity (Wildman–Crippen MR) is 204 cm³/mol. The second kappa shape index (κ2) is 18.8. The lowest BCUT2D eigenvalue weighted by Gasteiger charge is -2.35. The van der Waals surface area contributed by atoms with Gasteiger partial charge in [-0.1, -0.05) is 79.0 Å². The van der Waals surface area contributed by atoms with Gasteiger partial charge in [0.2, 0.25) is 26.0 Å². The van der Waals surface area contributed by atoms with Gasteiger partial charge in [-0.2, -0.15) is 0 Å². The maximum atomic E-state index is 13.6. The van der Waals surface area contributed by atoms with Crippen LogP contribution in [0.5, 0.6) is 0 Å². The summed E-state index contributed by atoms with van der Waals surface area (Å²) in [5, 5.41) is 12.8. The largest absolute Gasteiger partial charge is 0.480 e. The van der Waals surface area contributed by atoms with E-state index in [0.717, 1.165) is 37.3 Å². The van der Waals surface area contributed by atoms with Crippen molar-refractivity contribution >= 4 is 49.5 Å². The number of carboxylic acid groups (broad SMARTS) is 1. The van der Waals surface area contributed by atoms with Crippen LogP contribution >= 0.6 is 11.6 Å². The minimum atomic E-state index is -4.14. The number of fused-ring (bicyclic) bond motifs is 1. The van der Waals surface area contributed by atoms with Crippen LogP contribution in [-0.4, -0.2) is 82.1 Å². The summed E-state index contributed by atoms with van der Waals surface area (Å²) < 4.78 is 68.3. The lowest BCUT2D eigenvalue weighted by Crippen LogP contribution is -2.56. The summed E-state index contributed by atoms with van der Waals surface area (Å²) in [4.78, 5) is 39.4. The molecule has 3 aromatic carbocycles. The van der Waals surface area contributed by atoms with E-state index < -0.39 is 50.1 Å². The normalized spacial score (nSPS) is 19.7. The Morgan fingerprint density at radius 2 is 1.53 bits per heavy atom. The molecule has 1 aliphatic heterocycles. The van der Waals surface area contributed by atoms with E-state index in [4.69, 9.17) is 21.1 Å². The molecule has 1 heterocycles. The molecular weight excluding hydrogens is 772 g/mol.